The van der Waals surface area contributed by atoms with E-state index in [9.17, 15) is 5.11 Å². The molecule has 1 saturated carbocycles. The first kappa shape index (κ1) is 9.44. The Morgan fingerprint density at radius 1 is 1.00 bits per heavy atom. The number of ether oxygens (including phenoxy) is 2. The average molecular weight is 186 g/mol. The maximum Gasteiger partial charge on any atom is 0.194 e. The smallest absolute Gasteiger partial charge is 0.194 e. The molecular weight excluding hydrogens is 168 g/mol. The van der Waals surface area contributed by atoms with E-state index >= 15 is 0 Å². The predicted molar refractivity (Wildman–Crippen MR) is 48.3 cm³/mol. The molecule has 2 rings (SSSR count). The third-order valence-electron chi connectivity index (χ3n) is 2.99. The fraction of sp³-hybridized carbons (Fsp3) is 1.00. The molecule has 2 fully saturated rings. The lowest BCUT2D eigenvalue weighted by Crippen LogP contribution is -2.49. The molecule has 1 unspecified atom stereocenters. The van der Waals surface area contributed by atoms with E-state index in [-0.39, 0.29) is 0 Å². The Balaban J connectivity index is 2.05. The van der Waals surface area contributed by atoms with Gasteiger partial charge in [0, 0.05) is 6.42 Å². The molecule has 0 bridgehead atoms. The molecule has 76 valence electrons. The summed E-state index contributed by atoms with van der Waals surface area (Å²) >= 11 is 0. The van der Waals surface area contributed by atoms with Crippen LogP contribution in [0.3, 0.4) is 0 Å². The summed E-state index contributed by atoms with van der Waals surface area (Å²) < 4.78 is 11.3. The molecule has 0 amide bonds. The Kier molecular flexibility index (Phi) is 2.86. The quantitative estimate of drug-likeness (QED) is 0.622. The van der Waals surface area contributed by atoms with Crippen molar-refractivity contribution < 1.29 is 14.6 Å². The largest absolute Gasteiger partial charge is 0.388 e. The summed E-state index contributed by atoms with van der Waals surface area (Å²) in [6.07, 6.45) is 5.56. The van der Waals surface area contributed by atoms with Gasteiger partial charge in [-0.25, -0.2) is 0 Å². The van der Waals surface area contributed by atoms with Gasteiger partial charge >= 0.3 is 0 Å². The van der Waals surface area contributed by atoms with Crippen molar-refractivity contribution in [2.75, 3.05) is 13.2 Å². The molecule has 0 aromatic heterocycles. The van der Waals surface area contributed by atoms with Crippen LogP contribution in [-0.4, -0.2) is 30.2 Å². The summed E-state index contributed by atoms with van der Waals surface area (Å²) in [4.78, 5) is 0. The average Bonchev–Trinajstić information content (AvgIpc) is 2.37. The molecule has 1 atom stereocenters. The van der Waals surface area contributed by atoms with Crippen LogP contribution in [0.25, 0.3) is 0 Å². The Morgan fingerprint density at radius 3 is 2.31 bits per heavy atom. The van der Waals surface area contributed by atoms with Crippen molar-refractivity contribution in [3.8, 4) is 0 Å². The van der Waals surface area contributed by atoms with Crippen molar-refractivity contribution in [1.29, 1.82) is 0 Å². The van der Waals surface area contributed by atoms with Gasteiger partial charge in [0.2, 0.25) is 0 Å². The fourth-order valence-electron chi connectivity index (χ4n) is 2.17. The number of aliphatic hydroxyl groups is 1. The molecule has 2 aliphatic rings. The number of aliphatic hydroxyl groups excluding tert-OH is 1. The molecule has 0 aromatic rings. The van der Waals surface area contributed by atoms with Crippen molar-refractivity contribution in [3.05, 3.63) is 0 Å². The zero-order valence-corrected chi connectivity index (χ0v) is 8.00. The summed E-state index contributed by atoms with van der Waals surface area (Å²) in [7, 11) is 0. The third-order valence-corrected chi connectivity index (χ3v) is 2.99. The van der Waals surface area contributed by atoms with E-state index in [2.05, 4.69) is 0 Å². The normalized spacial score (nSPS) is 34.4. The summed E-state index contributed by atoms with van der Waals surface area (Å²) in [5.41, 5.74) is 0. The molecule has 3 heteroatoms. The highest BCUT2D eigenvalue weighted by molar-refractivity contribution is 4.85. The van der Waals surface area contributed by atoms with Crippen molar-refractivity contribution in [3.63, 3.8) is 0 Å². The number of hydrogen-bond acceptors (Lipinski definition) is 3. The summed E-state index contributed by atoms with van der Waals surface area (Å²) in [5, 5.41) is 9.86. The van der Waals surface area contributed by atoms with Crippen LogP contribution in [0.2, 0.25) is 0 Å². The van der Waals surface area contributed by atoms with Crippen LogP contribution in [0.15, 0.2) is 0 Å². The molecule has 1 heterocycles. The minimum atomic E-state index is -0.644. The summed E-state index contributed by atoms with van der Waals surface area (Å²) in [6.45, 7) is 1.47. The molecule has 1 aliphatic heterocycles. The van der Waals surface area contributed by atoms with Gasteiger partial charge in [0.25, 0.3) is 0 Å². The van der Waals surface area contributed by atoms with Crippen LogP contribution in [0.1, 0.15) is 38.5 Å². The van der Waals surface area contributed by atoms with Gasteiger partial charge in [0.1, 0.15) is 6.10 Å². The molecule has 1 aliphatic carbocycles. The number of hydrogen-bond donors (Lipinski definition) is 1. The zero-order valence-electron chi connectivity index (χ0n) is 8.00. The van der Waals surface area contributed by atoms with E-state index < -0.39 is 11.9 Å². The number of rotatable bonds is 0. The lowest BCUT2D eigenvalue weighted by atomic mass is 9.91. The van der Waals surface area contributed by atoms with E-state index in [1.165, 1.54) is 0 Å². The van der Waals surface area contributed by atoms with Crippen molar-refractivity contribution >= 4 is 0 Å². The van der Waals surface area contributed by atoms with E-state index in [1.54, 1.807) is 0 Å². The van der Waals surface area contributed by atoms with E-state index in [0.29, 0.717) is 0 Å². The van der Waals surface area contributed by atoms with Crippen LogP contribution >= 0.6 is 0 Å². The van der Waals surface area contributed by atoms with Crippen LogP contribution in [0.4, 0.5) is 0 Å². The lowest BCUT2D eigenvalue weighted by Gasteiger charge is -2.39. The summed E-state index contributed by atoms with van der Waals surface area (Å²) in [6, 6.07) is 0. The molecule has 13 heavy (non-hydrogen) atoms. The molecular formula is C10H18O3. The highest BCUT2D eigenvalue weighted by atomic mass is 16.7. The SMILES string of the molecule is OC1CCCCC12OCCCCO2. The lowest BCUT2D eigenvalue weighted by molar-refractivity contribution is -0.286. The summed E-state index contributed by atoms with van der Waals surface area (Å²) in [5.74, 6) is -0.644. The second-order valence-electron chi connectivity index (χ2n) is 3.98. The monoisotopic (exact) mass is 186 g/mol. The van der Waals surface area contributed by atoms with Crippen LogP contribution in [-0.2, 0) is 9.47 Å². The van der Waals surface area contributed by atoms with Crippen molar-refractivity contribution in [2.45, 2.75) is 50.4 Å². The van der Waals surface area contributed by atoms with E-state index in [4.69, 9.17) is 9.47 Å². The highest BCUT2D eigenvalue weighted by Gasteiger charge is 2.42. The Morgan fingerprint density at radius 2 is 1.69 bits per heavy atom. The van der Waals surface area contributed by atoms with Crippen LogP contribution in [0.5, 0.6) is 0 Å². The molecule has 1 spiro atoms. The molecule has 1 N–H and O–H groups in total. The maximum absolute atomic E-state index is 9.86. The van der Waals surface area contributed by atoms with Crippen LogP contribution < -0.4 is 0 Å². The van der Waals surface area contributed by atoms with Crippen molar-refractivity contribution in [1.82, 2.24) is 0 Å². The van der Waals surface area contributed by atoms with Gasteiger partial charge in [-0.2, -0.15) is 0 Å². The van der Waals surface area contributed by atoms with Crippen LogP contribution in [0, 0.1) is 0 Å². The highest BCUT2D eigenvalue weighted by Crippen LogP contribution is 2.34. The van der Waals surface area contributed by atoms with E-state index in [1.807, 2.05) is 0 Å². The van der Waals surface area contributed by atoms with Gasteiger partial charge in [0.05, 0.1) is 13.2 Å². The Hall–Kier alpha value is -0.120. The Labute approximate surface area is 79.0 Å². The van der Waals surface area contributed by atoms with Gasteiger partial charge in [-0.3, -0.25) is 0 Å². The Bertz CT molecular complexity index is 162. The molecule has 3 nitrogen and oxygen atoms in total. The molecule has 0 aromatic carbocycles. The van der Waals surface area contributed by atoms with Gasteiger partial charge in [-0.1, -0.05) is 6.42 Å². The minimum Gasteiger partial charge on any atom is -0.388 e. The third kappa shape index (κ3) is 1.87. The first-order valence-corrected chi connectivity index (χ1v) is 5.29. The fourth-order valence-corrected chi connectivity index (χ4v) is 2.17. The van der Waals surface area contributed by atoms with Gasteiger partial charge < -0.3 is 14.6 Å². The maximum atomic E-state index is 9.86. The second kappa shape index (κ2) is 3.95. The van der Waals surface area contributed by atoms with Gasteiger partial charge in [-0.05, 0) is 25.7 Å². The second-order valence-corrected chi connectivity index (χ2v) is 3.98. The molecule has 0 radical (unpaired) electrons. The predicted octanol–water partition coefficient (Wildman–Crippen LogP) is 1.44. The molecule has 1 saturated heterocycles. The van der Waals surface area contributed by atoms with Gasteiger partial charge in [0.15, 0.2) is 5.79 Å². The van der Waals surface area contributed by atoms with Crippen molar-refractivity contribution in [2.24, 2.45) is 0 Å². The minimum absolute atomic E-state index is 0.417. The topological polar surface area (TPSA) is 38.7 Å². The standard InChI is InChI=1S/C10H18O3/c11-9-5-1-2-6-10(9)12-7-3-4-8-13-10/h9,11H,1-8H2. The first-order chi connectivity index (χ1) is 6.33. The van der Waals surface area contributed by atoms with Gasteiger partial charge in [-0.15, -0.1) is 0 Å². The first-order valence-electron chi connectivity index (χ1n) is 5.29. The van der Waals surface area contributed by atoms with E-state index in [0.717, 1.165) is 51.7 Å². The zero-order chi connectivity index (χ0) is 9.15.